The van der Waals surface area contributed by atoms with Crippen LogP contribution in [0, 0.1) is 6.92 Å². The minimum Gasteiger partial charge on any atom is -0.302 e. The molecule has 0 amide bonds. The average Bonchev–Trinajstić information content (AvgIpc) is 3.28. The molecule has 5 nitrogen and oxygen atoms in total. The number of hydrogen-bond donors (Lipinski definition) is 0. The van der Waals surface area contributed by atoms with Gasteiger partial charge in [0.2, 0.25) is 5.28 Å². The Bertz CT molecular complexity index is 643. The van der Waals surface area contributed by atoms with Crippen molar-refractivity contribution >= 4 is 23.4 Å². The Hall–Kier alpha value is -1.14. The van der Waals surface area contributed by atoms with Crippen LogP contribution < -0.4 is 0 Å². The molecule has 2 aliphatic rings. The summed E-state index contributed by atoms with van der Waals surface area (Å²) in [6, 6.07) is 2.51. The van der Waals surface area contributed by atoms with Crippen LogP contribution in [0.2, 0.25) is 5.28 Å². The summed E-state index contributed by atoms with van der Waals surface area (Å²) in [5.41, 5.74) is 0.868. The van der Waals surface area contributed by atoms with Crippen LogP contribution >= 0.6 is 23.4 Å². The van der Waals surface area contributed by atoms with E-state index in [9.17, 15) is 0 Å². The maximum absolute atomic E-state index is 5.92. The SMILES string of the molecule is Cc1cc(Sc2nnc(C3CC3)n2C2CC2)nc(Cl)n1. The van der Waals surface area contributed by atoms with Crippen LogP contribution in [0.25, 0.3) is 0 Å². The Morgan fingerprint density at radius 2 is 2.00 bits per heavy atom. The van der Waals surface area contributed by atoms with E-state index in [0.29, 0.717) is 12.0 Å². The molecule has 4 rings (SSSR count). The van der Waals surface area contributed by atoms with Crippen LogP contribution in [-0.4, -0.2) is 24.7 Å². The van der Waals surface area contributed by atoms with Crippen molar-refractivity contribution in [3.8, 4) is 0 Å². The zero-order valence-corrected chi connectivity index (χ0v) is 12.7. The van der Waals surface area contributed by atoms with Gasteiger partial charge in [-0.15, -0.1) is 10.2 Å². The fourth-order valence-electron chi connectivity index (χ4n) is 2.30. The van der Waals surface area contributed by atoms with Gasteiger partial charge in [-0.25, -0.2) is 9.97 Å². The van der Waals surface area contributed by atoms with E-state index in [1.165, 1.54) is 37.4 Å². The fraction of sp³-hybridized carbons (Fsp3) is 0.538. The first-order chi connectivity index (χ1) is 9.70. The Morgan fingerprint density at radius 3 is 2.65 bits per heavy atom. The van der Waals surface area contributed by atoms with Crippen molar-refractivity contribution in [3.05, 3.63) is 22.9 Å². The Kier molecular flexibility index (Phi) is 2.96. The molecule has 0 atom stereocenters. The molecule has 2 aromatic heterocycles. The quantitative estimate of drug-likeness (QED) is 0.640. The van der Waals surface area contributed by atoms with Gasteiger partial charge in [0, 0.05) is 17.7 Å². The van der Waals surface area contributed by atoms with Gasteiger partial charge in [-0.05, 0) is 62.0 Å². The lowest BCUT2D eigenvalue weighted by atomic mass is 10.4. The largest absolute Gasteiger partial charge is 0.302 e. The van der Waals surface area contributed by atoms with Crippen molar-refractivity contribution in [1.82, 2.24) is 24.7 Å². The molecule has 0 radical (unpaired) electrons. The third-order valence-electron chi connectivity index (χ3n) is 3.54. The van der Waals surface area contributed by atoms with Crippen LogP contribution in [0.1, 0.15) is 49.2 Å². The molecule has 0 unspecified atom stereocenters. The van der Waals surface area contributed by atoms with Crippen molar-refractivity contribution in [1.29, 1.82) is 0 Å². The predicted octanol–water partition coefficient (Wildman–Crippen LogP) is 3.39. The summed E-state index contributed by atoms with van der Waals surface area (Å²) in [4.78, 5) is 8.34. The van der Waals surface area contributed by atoms with Crippen molar-refractivity contribution < 1.29 is 0 Å². The molecule has 2 fully saturated rings. The third kappa shape index (κ3) is 2.42. The summed E-state index contributed by atoms with van der Waals surface area (Å²) in [5, 5.41) is 10.8. The molecule has 2 aliphatic carbocycles. The molecule has 0 aromatic carbocycles. The second kappa shape index (κ2) is 4.70. The zero-order valence-electron chi connectivity index (χ0n) is 11.1. The molecule has 0 spiro atoms. The van der Waals surface area contributed by atoms with E-state index in [1.54, 1.807) is 0 Å². The lowest BCUT2D eigenvalue weighted by molar-refractivity contribution is 0.626. The molecule has 7 heteroatoms. The Labute approximate surface area is 126 Å². The van der Waals surface area contributed by atoms with Gasteiger partial charge in [0.1, 0.15) is 10.9 Å². The van der Waals surface area contributed by atoms with Crippen molar-refractivity contribution in [2.75, 3.05) is 0 Å². The molecule has 0 N–H and O–H groups in total. The van der Waals surface area contributed by atoms with E-state index in [2.05, 4.69) is 24.7 Å². The smallest absolute Gasteiger partial charge is 0.223 e. The minimum atomic E-state index is 0.285. The normalized spacial score (nSPS) is 18.5. The topological polar surface area (TPSA) is 56.5 Å². The molecule has 0 saturated heterocycles. The standard InChI is InChI=1S/C13H14ClN5S/c1-7-6-10(16-12(14)15-7)20-13-18-17-11(8-2-3-8)19(13)9-4-5-9/h6,8-9H,2-5H2,1H3. The van der Waals surface area contributed by atoms with Gasteiger partial charge in [-0.2, -0.15) is 0 Å². The number of hydrogen-bond acceptors (Lipinski definition) is 5. The Balaban J connectivity index is 1.68. The molecular weight excluding hydrogens is 294 g/mol. The first kappa shape index (κ1) is 12.6. The molecule has 20 heavy (non-hydrogen) atoms. The van der Waals surface area contributed by atoms with E-state index in [0.717, 1.165) is 21.7 Å². The summed E-state index contributed by atoms with van der Waals surface area (Å²) in [6.07, 6.45) is 4.95. The van der Waals surface area contributed by atoms with Gasteiger partial charge in [0.15, 0.2) is 5.16 Å². The van der Waals surface area contributed by atoms with Crippen molar-refractivity contribution in [3.63, 3.8) is 0 Å². The lowest BCUT2D eigenvalue weighted by Crippen LogP contribution is -2.02. The Morgan fingerprint density at radius 1 is 1.20 bits per heavy atom. The number of halogens is 1. The predicted molar refractivity (Wildman–Crippen MR) is 76.2 cm³/mol. The summed E-state index contributed by atoms with van der Waals surface area (Å²) < 4.78 is 2.31. The molecule has 104 valence electrons. The second-order valence-corrected chi connectivity index (χ2v) is 6.76. The highest BCUT2D eigenvalue weighted by Gasteiger charge is 2.36. The van der Waals surface area contributed by atoms with Crippen LogP contribution in [0.5, 0.6) is 0 Å². The molecule has 0 bridgehead atoms. The molecule has 2 aromatic rings. The lowest BCUT2D eigenvalue weighted by Gasteiger charge is -2.07. The van der Waals surface area contributed by atoms with E-state index in [-0.39, 0.29) is 5.28 Å². The fourth-order valence-corrected chi connectivity index (χ4v) is 3.55. The van der Waals surface area contributed by atoms with Crippen molar-refractivity contribution in [2.45, 2.75) is 54.7 Å². The summed E-state index contributed by atoms with van der Waals surface area (Å²) in [6.45, 7) is 1.92. The molecule has 0 aliphatic heterocycles. The molecule has 2 saturated carbocycles. The van der Waals surface area contributed by atoms with Gasteiger partial charge in [-0.3, -0.25) is 0 Å². The van der Waals surface area contributed by atoms with Gasteiger partial charge in [-0.1, -0.05) is 0 Å². The summed E-state index contributed by atoms with van der Waals surface area (Å²) in [7, 11) is 0. The zero-order chi connectivity index (χ0) is 13.7. The van der Waals surface area contributed by atoms with Crippen LogP contribution in [0.15, 0.2) is 16.2 Å². The average molecular weight is 308 g/mol. The summed E-state index contributed by atoms with van der Waals surface area (Å²) >= 11 is 7.45. The highest BCUT2D eigenvalue weighted by Crippen LogP contribution is 2.46. The number of aromatic nitrogens is 5. The third-order valence-corrected chi connectivity index (χ3v) is 4.59. The second-order valence-electron chi connectivity index (χ2n) is 5.43. The van der Waals surface area contributed by atoms with Gasteiger partial charge in [0.25, 0.3) is 0 Å². The van der Waals surface area contributed by atoms with E-state index >= 15 is 0 Å². The maximum atomic E-state index is 5.92. The number of nitrogens with zero attached hydrogens (tertiary/aromatic N) is 5. The molecule has 2 heterocycles. The number of rotatable bonds is 4. The van der Waals surface area contributed by atoms with Gasteiger partial charge in [0.05, 0.1) is 0 Å². The minimum absolute atomic E-state index is 0.285. The van der Waals surface area contributed by atoms with Crippen LogP contribution in [-0.2, 0) is 0 Å². The first-order valence-corrected chi connectivity index (χ1v) is 8.04. The van der Waals surface area contributed by atoms with Gasteiger partial charge < -0.3 is 4.57 Å². The maximum Gasteiger partial charge on any atom is 0.223 e. The first-order valence-electron chi connectivity index (χ1n) is 6.84. The number of aryl methyl sites for hydroxylation is 1. The van der Waals surface area contributed by atoms with E-state index in [1.807, 2.05) is 13.0 Å². The highest BCUT2D eigenvalue weighted by molar-refractivity contribution is 7.99. The van der Waals surface area contributed by atoms with E-state index < -0.39 is 0 Å². The van der Waals surface area contributed by atoms with Crippen molar-refractivity contribution in [2.24, 2.45) is 0 Å². The summed E-state index contributed by atoms with van der Waals surface area (Å²) in [5.74, 6) is 1.78. The monoisotopic (exact) mass is 307 g/mol. The van der Waals surface area contributed by atoms with E-state index in [4.69, 9.17) is 11.6 Å². The van der Waals surface area contributed by atoms with Crippen LogP contribution in [0.4, 0.5) is 0 Å². The molecular formula is C13H14ClN5S. The van der Waals surface area contributed by atoms with Gasteiger partial charge >= 0.3 is 0 Å². The highest BCUT2D eigenvalue weighted by atomic mass is 35.5. The van der Waals surface area contributed by atoms with Crippen LogP contribution in [0.3, 0.4) is 0 Å².